The van der Waals surface area contributed by atoms with Crippen LogP contribution in [0.4, 0.5) is 0 Å². The average Bonchev–Trinajstić information content (AvgIpc) is 3.09. The standard InChI is InChI=1S/C44H81NO7/c1-6-8-10-12-14-16-17-18-19-20-21-22-23-24-25-27-29-31-33-35-43(47)52-40(38-50-37-36-41(44(48)49)45(3,4)5)39-51-42(46)34-32-30-28-26-15-13-11-9-7-2/h9,11,15,26,40-41H,6-8,10,12-14,16-25,27-39H2,1-5H3/p+1/b11-9+,26-15+. The number of rotatable bonds is 38. The number of carbonyl (C=O) groups excluding carboxylic acids is 2. The van der Waals surface area contributed by atoms with Gasteiger partial charge in [0.15, 0.2) is 12.1 Å². The molecule has 0 aromatic rings. The van der Waals surface area contributed by atoms with E-state index in [4.69, 9.17) is 14.2 Å². The number of carboxylic acid groups (broad SMARTS) is 1. The third kappa shape index (κ3) is 33.6. The summed E-state index contributed by atoms with van der Waals surface area (Å²) >= 11 is 0. The van der Waals surface area contributed by atoms with Gasteiger partial charge in [0.2, 0.25) is 0 Å². The van der Waals surface area contributed by atoms with Gasteiger partial charge >= 0.3 is 17.9 Å². The second-order valence-corrected chi connectivity index (χ2v) is 15.6. The van der Waals surface area contributed by atoms with E-state index in [9.17, 15) is 19.5 Å². The SMILES string of the molecule is CC/C=C/C/C=C/CCCCC(=O)OCC(COCCC(C(=O)O)[N+](C)(C)C)OC(=O)CCCCCCCCCCCCCCCCCCCCC. The number of ether oxygens (including phenoxy) is 3. The van der Waals surface area contributed by atoms with E-state index >= 15 is 0 Å². The normalized spacial score (nSPS) is 13.2. The number of hydrogen-bond acceptors (Lipinski definition) is 6. The third-order valence-corrected chi connectivity index (χ3v) is 9.62. The van der Waals surface area contributed by atoms with E-state index in [0.29, 0.717) is 19.3 Å². The zero-order valence-corrected chi connectivity index (χ0v) is 34.5. The summed E-state index contributed by atoms with van der Waals surface area (Å²) < 4.78 is 17.2. The van der Waals surface area contributed by atoms with Crippen LogP contribution in [0.2, 0.25) is 0 Å². The lowest BCUT2D eigenvalue weighted by molar-refractivity contribution is -0.887. The van der Waals surface area contributed by atoms with Gasteiger partial charge in [0.05, 0.1) is 34.4 Å². The number of esters is 2. The van der Waals surface area contributed by atoms with E-state index in [2.05, 4.69) is 38.2 Å². The molecule has 2 atom stereocenters. The van der Waals surface area contributed by atoms with Crippen LogP contribution in [-0.4, -0.2) is 80.6 Å². The van der Waals surface area contributed by atoms with E-state index in [0.717, 1.165) is 51.4 Å². The maximum Gasteiger partial charge on any atom is 0.362 e. The summed E-state index contributed by atoms with van der Waals surface area (Å²) in [6.07, 6.45) is 38.1. The Bertz CT molecular complexity index is 911. The zero-order valence-electron chi connectivity index (χ0n) is 34.5. The van der Waals surface area contributed by atoms with Crippen LogP contribution in [0.15, 0.2) is 24.3 Å². The summed E-state index contributed by atoms with van der Waals surface area (Å²) in [5.74, 6) is -1.51. The van der Waals surface area contributed by atoms with Crippen LogP contribution in [0.5, 0.6) is 0 Å². The Morgan fingerprint density at radius 2 is 1.08 bits per heavy atom. The fourth-order valence-corrected chi connectivity index (χ4v) is 6.31. The Hall–Kier alpha value is -2.19. The highest BCUT2D eigenvalue weighted by Crippen LogP contribution is 2.16. The molecule has 0 heterocycles. The van der Waals surface area contributed by atoms with Gasteiger partial charge in [-0.15, -0.1) is 0 Å². The lowest BCUT2D eigenvalue weighted by Crippen LogP contribution is -2.50. The molecule has 0 fully saturated rings. The molecule has 52 heavy (non-hydrogen) atoms. The number of quaternary nitrogens is 1. The van der Waals surface area contributed by atoms with Gasteiger partial charge in [-0.3, -0.25) is 9.59 Å². The summed E-state index contributed by atoms with van der Waals surface area (Å²) in [4.78, 5) is 36.8. The number of carbonyl (C=O) groups is 3. The minimum Gasteiger partial charge on any atom is -0.477 e. The first-order valence-electron chi connectivity index (χ1n) is 21.4. The van der Waals surface area contributed by atoms with Crippen LogP contribution < -0.4 is 0 Å². The molecule has 0 aliphatic heterocycles. The molecule has 0 bridgehead atoms. The van der Waals surface area contributed by atoms with Gasteiger partial charge in [-0.05, 0) is 38.5 Å². The molecule has 304 valence electrons. The van der Waals surface area contributed by atoms with Crippen molar-refractivity contribution in [1.29, 1.82) is 0 Å². The number of allylic oxidation sites excluding steroid dienone is 4. The van der Waals surface area contributed by atoms with Crippen molar-refractivity contribution >= 4 is 17.9 Å². The zero-order chi connectivity index (χ0) is 38.5. The summed E-state index contributed by atoms with van der Waals surface area (Å²) in [6, 6.07) is -0.615. The van der Waals surface area contributed by atoms with Gasteiger partial charge in [-0.2, -0.15) is 0 Å². The first kappa shape index (κ1) is 49.8. The van der Waals surface area contributed by atoms with E-state index < -0.39 is 18.1 Å². The maximum absolute atomic E-state index is 12.7. The number of carboxylic acids is 1. The molecular weight excluding hydrogens is 654 g/mol. The van der Waals surface area contributed by atoms with Crippen molar-refractivity contribution < 1.29 is 38.2 Å². The quantitative estimate of drug-likeness (QED) is 0.0291. The molecule has 0 aromatic carbocycles. The third-order valence-electron chi connectivity index (χ3n) is 9.62. The summed E-state index contributed by atoms with van der Waals surface area (Å²) in [5.41, 5.74) is 0. The van der Waals surface area contributed by atoms with Crippen LogP contribution in [0.25, 0.3) is 0 Å². The average molecular weight is 737 g/mol. The van der Waals surface area contributed by atoms with E-state index in [1.807, 2.05) is 21.1 Å². The molecular formula is C44H82NO7+. The van der Waals surface area contributed by atoms with E-state index in [1.54, 1.807) is 0 Å². The Morgan fingerprint density at radius 3 is 1.58 bits per heavy atom. The van der Waals surface area contributed by atoms with Gasteiger partial charge in [0.25, 0.3) is 0 Å². The molecule has 0 rings (SSSR count). The molecule has 0 amide bonds. The lowest BCUT2D eigenvalue weighted by Gasteiger charge is -2.31. The molecule has 0 saturated heterocycles. The molecule has 0 aliphatic rings. The number of hydrogen-bond donors (Lipinski definition) is 1. The highest BCUT2D eigenvalue weighted by atomic mass is 16.6. The van der Waals surface area contributed by atoms with E-state index in [-0.39, 0.29) is 36.2 Å². The minimum atomic E-state index is -0.878. The summed E-state index contributed by atoms with van der Waals surface area (Å²) in [5, 5.41) is 9.59. The Labute approximate surface area is 320 Å². The van der Waals surface area contributed by atoms with Crippen molar-refractivity contribution in [3.05, 3.63) is 24.3 Å². The second kappa shape index (κ2) is 35.8. The van der Waals surface area contributed by atoms with Crippen molar-refractivity contribution in [2.75, 3.05) is 41.0 Å². The highest BCUT2D eigenvalue weighted by Gasteiger charge is 2.31. The predicted octanol–water partition coefficient (Wildman–Crippen LogP) is 11.3. The number of likely N-dealkylation sites (N-methyl/N-ethyl adjacent to an activating group) is 1. The lowest BCUT2D eigenvalue weighted by atomic mass is 10.0. The largest absolute Gasteiger partial charge is 0.477 e. The monoisotopic (exact) mass is 737 g/mol. The Morgan fingerprint density at radius 1 is 0.596 bits per heavy atom. The van der Waals surface area contributed by atoms with Gasteiger partial charge in [-0.1, -0.05) is 154 Å². The number of unbranched alkanes of at least 4 members (excludes halogenated alkanes) is 20. The molecule has 1 N–H and O–H groups in total. The van der Waals surface area contributed by atoms with Gasteiger partial charge in [0.1, 0.15) is 6.61 Å². The highest BCUT2D eigenvalue weighted by molar-refractivity contribution is 5.72. The molecule has 0 spiro atoms. The topological polar surface area (TPSA) is 99.1 Å². The summed E-state index contributed by atoms with van der Waals surface area (Å²) in [7, 11) is 5.51. The van der Waals surface area contributed by atoms with Crippen LogP contribution in [0.3, 0.4) is 0 Å². The van der Waals surface area contributed by atoms with Crippen LogP contribution in [0.1, 0.15) is 187 Å². The molecule has 8 nitrogen and oxygen atoms in total. The molecule has 0 aromatic heterocycles. The van der Waals surface area contributed by atoms with Crippen LogP contribution >= 0.6 is 0 Å². The van der Waals surface area contributed by atoms with Crippen LogP contribution in [0, 0.1) is 0 Å². The summed E-state index contributed by atoms with van der Waals surface area (Å²) in [6.45, 7) is 4.59. The minimum absolute atomic E-state index is 0.0545. The molecule has 2 unspecified atom stereocenters. The second-order valence-electron chi connectivity index (χ2n) is 15.6. The number of aliphatic carboxylic acids is 1. The van der Waals surface area contributed by atoms with Crippen LogP contribution in [-0.2, 0) is 28.6 Å². The Balaban J connectivity index is 4.26. The first-order valence-corrected chi connectivity index (χ1v) is 21.4. The van der Waals surface area contributed by atoms with Crippen molar-refractivity contribution in [2.45, 2.75) is 199 Å². The smallest absolute Gasteiger partial charge is 0.362 e. The molecule has 0 radical (unpaired) electrons. The fourth-order valence-electron chi connectivity index (χ4n) is 6.31. The Kier molecular flexibility index (Phi) is 34.3. The number of nitrogens with zero attached hydrogens (tertiary/aromatic N) is 1. The van der Waals surface area contributed by atoms with E-state index in [1.165, 1.54) is 103 Å². The van der Waals surface area contributed by atoms with Gasteiger partial charge < -0.3 is 23.8 Å². The van der Waals surface area contributed by atoms with Gasteiger partial charge in [0, 0.05) is 19.3 Å². The van der Waals surface area contributed by atoms with Crippen molar-refractivity contribution in [3.63, 3.8) is 0 Å². The maximum atomic E-state index is 12.7. The molecule has 0 saturated carbocycles. The fraction of sp³-hybridized carbons (Fsp3) is 0.841. The van der Waals surface area contributed by atoms with Gasteiger partial charge in [-0.25, -0.2) is 4.79 Å². The van der Waals surface area contributed by atoms with Crippen molar-refractivity contribution in [2.24, 2.45) is 0 Å². The first-order chi connectivity index (χ1) is 25.1. The predicted molar refractivity (Wildman–Crippen MR) is 215 cm³/mol. The molecule has 0 aliphatic carbocycles. The van der Waals surface area contributed by atoms with Crippen molar-refractivity contribution in [1.82, 2.24) is 0 Å². The van der Waals surface area contributed by atoms with Crippen molar-refractivity contribution in [3.8, 4) is 0 Å². The molecule has 8 heteroatoms.